The van der Waals surface area contributed by atoms with Gasteiger partial charge in [0.05, 0.1) is 43.9 Å². The summed E-state index contributed by atoms with van der Waals surface area (Å²) in [5, 5.41) is 11.8. The van der Waals surface area contributed by atoms with Crippen LogP contribution in [0.3, 0.4) is 0 Å². The van der Waals surface area contributed by atoms with Crippen LogP contribution < -0.4 is 4.90 Å². The molecule has 0 aliphatic rings. The molecule has 6 nitrogen and oxygen atoms in total. The van der Waals surface area contributed by atoms with Gasteiger partial charge >= 0.3 is 0 Å². The predicted octanol–water partition coefficient (Wildman–Crippen LogP) is 28.7. The molecule has 5 aromatic heterocycles. The molecule has 6 heteroatoms. The zero-order chi connectivity index (χ0) is 76.7. The summed E-state index contributed by atoms with van der Waals surface area (Å²) in [5.74, 6) is 0. The minimum absolute atomic E-state index is 0.714. The molecule has 0 aliphatic heterocycles. The van der Waals surface area contributed by atoms with Gasteiger partial charge in [-0.15, -0.1) is 0 Å². The molecule has 23 aromatic rings. The largest absolute Gasteiger partial charge is 0.456 e. The molecule has 5 heterocycles. The number of rotatable bonds is 14. The number of aromatic nitrogens is 3. The Kier molecular flexibility index (Phi) is 16.3. The van der Waals surface area contributed by atoms with Crippen molar-refractivity contribution in [2.75, 3.05) is 4.90 Å². The van der Waals surface area contributed by atoms with E-state index in [1.54, 1.807) is 0 Å². The van der Waals surface area contributed by atoms with Crippen molar-refractivity contribution in [3.8, 4) is 17.1 Å². The molecule has 0 unspecified atom stereocenters. The highest BCUT2D eigenvalue weighted by atomic mass is 16.3. The third kappa shape index (κ3) is 10.7. The highest BCUT2D eigenvalue weighted by Crippen LogP contribution is 2.53. The number of benzene rings is 18. The van der Waals surface area contributed by atoms with Crippen molar-refractivity contribution in [1.82, 2.24) is 13.7 Å². The lowest BCUT2D eigenvalue weighted by Gasteiger charge is -2.37. The smallest absolute Gasteiger partial charge is 0.140 e. The molecule has 0 amide bonds. The van der Waals surface area contributed by atoms with Gasteiger partial charge in [0.25, 0.3) is 0 Å². The molecule has 0 bridgehead atoms. The first-order valence-corrected chi connectivity index (χ1v) is 39.8. The second kappa shape index (κ2) is 27.9. The first-order chi connectivity index (χ1) is 57.6. The molecule has 0 radical (unpaired) electrons. The van der Waals surface area contributed by atoms with Crippen molar-refractivity contribution in [3.05, 3.63) is 493 Å². The van der Waals surface area contributed by atoms with E-state index in [1.807, 2.05) is 12.1 Å². The van der Waals surface area contributed by atoms with Crippen LogP contribution in [-0.4, -0.2) is 13.7 Å². The fourth-order valence-electron chi connectivity index (χ4n) is 19.1. The summed E-state index contributed by atoms with van der Waals surface area (Å²) in [6.45, 7) is 0. The van der Waals surface area contributed by atoms with Crippen molar-refractivity contribution in [3.63, 3.8) is 0 Å². The average Bonchev–Trinajstić information content (AvgIpc) is 1.23. The summed E-state index contributed by atoms with van der Waals surface area (Å²) in [6, 6.07) is 162. The molecule has 0 saturated carbocycles. The summed E-state index contributed by atoms with van der Waals surface area (Å²) in [7, 11) is 0. The van der Waals surface area contributed by atoms with Crippen LogP contribution in [0, 0.1) is 0 Å². The lowest BCUT2D eigenvalue weighted by molar-refractivity contribution is 0.644. The molecule has 0 atom stereocenters. The minimum atomic E-state index is -0.719. The van der Waals surface area contributed by atoms with Crippen LogP contribution in [0.2, 0.25) is 0 Å². The molecular weight excluding hydrogens is 1410 g/mol. The Morgan fingerprint density at radius 1 is 0.181 bits per heavy atom. The molecule has 0 aliphatic carbocycles. The van der Waals surface area contributed by atoms with E-state index in [1.165, 1.54) is 71.1 Å². The highest BCUT2D eigenvalue weighted by Gasteiger charge is 2.43. The second-order valence-corrected chi connectivity index (χ2v) is 30.1. The van der Waals surface area contributed by atoms with Crippen LogP contribution in [0.5, 0.6) is 0 Å². The molecular formula is C110H74N4O2. The van der Waals surface area contributed by atoms with Crippen LogP contribution in [0.15, 0.2) is 458 Å². The Morgan fingerprint density at radius 3 is 0.862 bits per heavy atom. The SMILES string of the molecule is c1ccc(C(c2ccccc2)(c2cccc(-n3c4ccccc4c4cc(-n5c6ccccc6c6ccccc65)ccc43)c2)c2cccc3c2oc2ccccc23)cc1.c1ccc(N(c2ccccc2)c2ccc3c(c2)c2ccccc2n3-c2cccc(C(c3ccccc3)(c3ccccc3)c3cccc4c3oc3ccccc34)c2)cc1. The predicted molar refractivity (Wildman–Crippen MR) is 482 cm³/mol. The molecule has 0 spiro atoms. The molecule has 0 fully saturated rings. The van der Waals surface area contributed by atoms with Gasteiger partial charge in [0.1, 0.15) is 22.3 Å². The van der Waals surface area contributed by atoms with Gasteiger partial charge in [-0.2, -0.15) is 0 Å². The van der Waals surface area contributed by atoms with E-state index in [4.69, 9.17) is 8.83 Å². The zero-order valence-electron chi connectivity index (χ0n) is 63.3. The number of furan rings is 2. The zero-order valence-corrected chi connectivity index (χ0v) is 63.3. The van der Waals surface area contributed by atoms with Gasteiger partial charge in [0, 0.05) is 99.1 Å². The Labute approximate surface area is 670 Å². The van der Waals surface area contributed by atoms with Gasteiger partial charge in [-0.3, -0.25) is 0 Å². The molecule has 18 aromatic carbocycles. The summed E-state index contributed by atoms with van der Waals surface area (Å²) < 4.78 is 21.0. The maximum absolute atomic E-state index is 6.86. The first-order valence-electron chi connectivity index (χ1n) is 39.8. The average molecular weight is 1480 g/mol. The molecule has 116 heavy (non-hydrogen) atoms. The molecule has 546 valence electrons. The Hall–Kier alpha value is -15.2. The second-order valence-electron chi connectivity index (χ2n) is 30.1. The molecule has 0 N–H and O–H groups in total. The van der Waals surface area contributed by atoms with Crippen molar-refractivity contribution in [2.45, 2.75) is 10.8 Å². The Bertz CT molecular complexity index is 7470. The van der Waals surface area contributed by atoms with Gasteiger partial charge in [0.2, 0.25) is 0 Å². The van der Waals surface area contributed by atoms with E-state index in [0.717, 1.165) is 117 Å². The normalized spacial score (nSPS) is 12.0. The summed E-state index contributed by atoms with van der Waals surface area (Å²) >= 11 is 0. The van der Waals surface area contributed by atoms with Gasteiger partial charge < -0.3 is 27.4 Å². The third-order valence-electron chi connectivity index (χ3n) is 24.0. The number of hydrogen-bond acceptors (Lipinski definition) is 3. The molecule has 0 saturated heterocycles. The van der Waals surface area contributed by atoms with Crippen LogP contribution in [0.25, 0.3) is 126 Å². The van der Waals surface area contributed by atoms with Crippen LogP contribution in [-0.2, 0) is 10.8 Å². The monoisotopic (exact) mass is 1480 g/mol. The maximum Gasteiger partial charge on any atom is 0.140 e. The fourth-order valence-corrected chi connectivity index (χ4v) is 19.1. The van der Waals surface area contributed by atoms with Gasteiger partial charge in [0.15, 0.2) is 0 Å². The fraction of sp³-hybridized carbons (Fsp3) is 0.0182. The van der Waals surface area contributed by atoms with E-state index < -0.39 is 10.8 Å². The minimum Gasteiger partial charge on any atom is -0.456 e. The third-order valence-corrected chi connectivity index (χ3v) is 24.0. The van der Waals surface area contributed by atoms with E-state index in [9.17, 15) is 0 Å². The van der Waals surface area contributed by atoms with E-state index >= 15 is 0 Å². The van der Waals surface area contributed by atoms with Crippen LogP contribution in [0.4, 0.5) is 17.1 Å². The van der Waals surface area contributed by atoms with Crippen LogP contribution >= 0.6 is 0 Å². The van der Waals surface area contributed by atoms with Crippen molar-refractivity contribution < 1.29 is 8.83 Å². The van der Waals surface area contributed by atoms with Gasteiger partial charge in [-0.05, 0) is 155 Å². The lowest BCUT2D eigenvalue weighted by Crippen LogP contribution is -2.31. The van der Waals surface area contributed by atoms with Crippen LogP contribution in [0.1, 0.15) is 44.5 Å². The number of hydrogen-bond donors (Lipinski definition) is 0. The quantitative estimate of drug-likeness (QED) is 0.102. The highest BCUT2D eigenvalue weighted by molar-refractivity contribution is 6.14. The summed E-state index contributed by atoms with van der Waals surface area (Å²) in [4.78, 5) is 2.33. The topological polar surface area (TPSA) is 44.3 Å². The van der Waals surface area contributed by atoms with E-state index in [2.05, 4.69) is 455 Å². The number of para-hydroxylation sites is 10. The maximum atomic E-state index is 6.86. The summed E-state index contributed by atoms with van der Waals surface area (Å²) in [5.41, 5.74) is 25.0. The first kappa shape index (κ1) is 67.6. The van der Waals surface area contributed by atoms with Crippen molar-refractivity contribution in [1.29, 1.82) is 0 Å². The van der Waals surface area contributed by atoms with Crippen molar-refractivity contribution >= 4 is 126 Å². The summed E-state index contributed by atoms with van der Waals surface area (Å²) in [6.07, 6.45) is 0. The standard InChI is InChI=1S/C55H36N2O.C55H38N2O/c1-3-17-37(18-4-1)55(38-19-5-2-6-20-38,48-28-16-27-46-45-26-10-14-32-53(45)58-54(46)48)39-21-15-22-40(35-39)56-51-31-13-9-25-44(51)47-36-41(33-34-52(47)56)57-49-29-11-7-23-42(49)43-24-8-12-30-50(43)57;1-5-19-39(20-6-1)55(40-21-7-2-8-22-40,50-32-18-31-48-47-30-14-16-34-53(47)58-54(48)50)41-23-17-28-44(37-41)57-51-33-15-13-29-46(51)49-38-45(35-36-52(49)57)56(42-24-9-3-10-25-42)43-26-11-4-12-27-43/h1-36H;1-38H. The Morgan fingerprint density at radius 2 is 0.466 bits per heavy atom. The number of nitrogens with zero attached hydrogens (tertiary/aromatic N) is 4. The molecule has 23 rings (SSSR count). The van der Waals surface area contributed by atoms with Gasteiger partial charge in [-0.1, -0.05) is 328 Å². The number of anilines is 3. The number of fused-ring (bicyclic) bond motifs is 15. The lowest BCUT2D eigenvalue weighted by atomic mass is 9.64. The van der Waals surface area contributed by atoms with E-state index in [-0.39, 0.29) is 0 Å². The van der Waals surface area contributed by atoms with Gasteiger partial charge in [-0.25, -0.2) is 0 Å². The van der Waals surface area contributed by atoms with E-state index in [0.29, 0.717) is 0 Å². The van der Waals surface area contributed by atoms with Crippen molar-refractivity contribution in [2.24, 2.45) is 0 Å². The Balaban J connectivity index is 0.000000141.